The summed E-state index contributed by atoms with van der Waals surface area (Å²) in [4.78, 5) is 8.98. The van der Waals surface area contributed by atoms with Crippen LogP contribution in [0.2, 0.25) is 10.2 Å². The monoisotopic (exact) mass is 385 g/mol. The molecule has 21 heavy (non-hydrogen) atoms. The summed E-state index contributed by atoms with van der Waals surface area (Å²) in [6.07, 6.45) is 2.28. The molecule has 2 aromatic rings. The Morgan fingerprint density at radius 1 is 1.19 bits per heavy atom. The lowest BCUT2D eigenvalue weighted by Gasteiger charge is -2.13. The van der Waals surface area contributed by atoms with E-state index in [1.165, 1.54) is 0 Å². The highest BCUT2D eigenvalue weighted by atomic mass is 79.9. The fourth-order valence-corrected chi connectivity index (χ4v) is 2.92. The average molecular weight is 387 g/mol. The molecular formula is C15H14BrCl2N3. The Hall–Kier alpha value is -0.840. The van der Waals surface area contributed by atoms with Gasteiger partial charge in [-0.15, -0.1) is 0 Å². The van der Waals surface area contributed by atoms with Crippen molar-refractivity contribution in [1.29, 1.82) is 0 Å². The van der Waals surface area contributed by atoms with Crippen LogP contribution in [0.5, 0.6) is 0 Å². The van der Waals surface area contributed by atoms with E-state index in [0.717, 1.165) is 45.8 Å². The van der Waals surface area contributed by atoms with Crippen LogP contribution in [0.25, 0.3) is 0 Å². The van der Waals surface area contributed by atoms with Crippen LogP contribution in [0.3, 0.4) is 0 Å². The van der Waals surface area contributed by atoms with E-state index in [9.17, 15) is 0 Å². The highest BCUT2D eigenvalue weighted by Gasteiger charge is 2.28. The maximum absolute atomic E-state index is 6.22. The van der Waals surface area contributed by atoms with Gasteiger partial charge in [-0.1, -0.05) is 23.2 Å². The Labute approximate surface area is 142 Å². The molecule has 110 valence electrons. The molecule has 1 fully saturated rings. The molecular weight excluding hydrogens is 373 g/mol. The highest BCUT2D eigenvalue weighted by Crippen LogP contribution is 2.40. The van der Waals surface area contributed by atoms with Crippen LogP contribution in [0.1, 0.15) is 35.7 Å². The minimum absolute atomic E-state index is 0.452. The average Bonchev–Trinajstić information content (AvgIpc) is 3.25. The van der Waals surface area contributed by atoms with E-state index in [0.29, 0.717) is 16.1 Å². The van der Waals surface area contributed by atoms with Gasteiger partial charge in [0.05, 0.1) is 5.69 Å². The molecule has 1 aliphatic rings. The Kier molecular flexibility index (Phi) is 4.12. The van der Waals surface area contributed by atoms with E-state index in [4.69, 9.17) is 23.2 Å². The van der Waals surface area contributed by atoms with E-state index in [2.05, 4.69) is 31.2 Å². The fourth-order valence-electron chi connectivity index (χ4n) is 2.02. The SMILES string of the molecule is Cc1cc(Br)c(Nc2nc(C3CC3)nc(Cl)c2C)cc1Cl. The van der Waals surface area contributed by atoms with E-state index >= 15 is 0 Å². The second-order valence-corrected chi connectivity index (χ2v) is 6.95. The van der Waals surface area contributed by atoms with Crippen LogP contribution in [0.4, 0.5) is 11.5 Å². The van der Waals surface area contributed by atoms with Gasteiger partial charge < -0.3 is 5.32 Å². The van der Waals surface area contributed by atoms with Crippen molar-refractivity contribution in [3.8, 4) is 0 Å². The number of nitrogens with one attached hydrogen (secondary N) is 1. The largest absolute Gasteiger partial charge is 0.339 e. The molecule has 0 unspecified atom stereocenters. The maximum atomic E-state index is 6.22. The van der Waals surface area contributed by atoms with E-state index < -0.39 is 0 Å². The van der Waals surface area contributed by atoms with Gasteiger partial charge in [0, 0.05) is 21.0 Å². The first-order valence-corrected chi connectivity index (χ1v) is 8.27. The third kappa shape index (κ3) is 3.17. The van der Waals surface area contributed by atoms with Crippen LogP contribution in [-0.2, 0) is 0 Å². The normalized spacial score (nSPS) is 14.3. The van der Waals surface area contributed by atoms with Crippen LogP contribution in [-0.4, -0.2) is 9.97 Å². The molecule has 1 N–H and O–H groups in total. The lowest BCUT2D eigenvalue weighted by molar-refractivity contribution is 0.922. The van der Waals surface area contributed by atoms with Crippen molar-refractivity contribution < 1.29 is 0 Å². The molecule has 0 spiro atoms. The van der Waals surface area contributed by atoms with Crippen LogP contribution < -0.4 is 5.32 Å². The molecule has 0 saturated heterocycles. The van der Waals surface area contributed by atoms with Gasteiger partial charge in [0.2, 0.25) is 0 Å². The van der Waals surface area contributed by atoms with Crippen LogP contribution in [0, 0.1) is 13.8 Å². The molecule has 1 heterocycles. The third-order valence-corrected chi connectivity index (χ3v) is 4.98. The van der Waals surface area contributed by atoms with Crippen molar-refractivity contribution >= 4 is 50.6 Å². The number of hydrogen-bond donors (Lipinski definition) is 1. The second kappa shape index (κ2) is 5.75. The maximum Gasteiger partial charge on any atom is 0.138 e. The zero-order valence-corrected chi connectivity index (χ0v) is 14.8. The van der Waals surface area contributed by atoms with Gasteiger partial charge in [-0.2, -0.15) is 0 Å². The number of hydrogen-bond acceptors (Lipinski definition) is 3. The minimum Gasteiger partial charge on any atom is -0.339 e. The summed E-state index contributed by atoms with van der Waals surface area (Å²) in [7, 11) is 0. The minimum atomic E-state index is 0.452. The summed E-state index contributed by atoms with van der Waals surface area (Å²) in [6, 6.07) is 3.86. The lowest BCUT2D eigenvalue weighted by atomic mass is 10.2. The summed E-state index contributed by atoms with van der Waals surface area (Å²) < 4.78 is 0.937. The van der Waals surface area contributed by atoms with E-state index in [1.807, 2.05) is 26.0 Å². The molecule has 0 aliphatic heterocycles. The summed E-state index contributed by atoms with van der Waals surface area (Å²) in [5.41, 5.74) is 2.72. The predicted octanol–water partition coefficient (Wildman–Crippen LogP) is 5.78. The Morgan fingerprint density at radius 3 is 2.57 bits per heavy atom. The van der Waals surface area contributed by atoms with E-state index in [1.54, 1.807) is 0 Å². The number of nitrogens with zero attached hydrogens (tertiary/aromatic N) is 2. The van der Waals surface area contributed by atoms with Gasteiger partial charge in [0.25, 0.3) is 0 Å². The quantitative estimate of drug-likeness (QED) is 0.679. The Bertz CT molecular complexity index is 715. The lowest BCUT2D eigenvalue weighted by Crippen LogP contribution is -2.03. The number of rotatable bonds is 3. The summed E-state index contributed by atoms with van der Waals surface area (Å²) >= 11 is 16.0. The summed E-state index contributed by atoms with van der Waals surface area (Å²) in [6.45, 7) is 3.87. The van der Waals surface area contributed by atoms with Crippen molar-refractivity contribution in [3.05, 3.63) is 43.7 Å². The predicted molar refractivity (Wildman–Crippen MR) is 90.9 cm³/mol. The first-order valence-electron chi connectivity index (χ1n) is 6.72. The molecule has 3 nitrogen and oxygen atoms in total. The molecule has 1 saturated carbocycles. The van der Waals surface area contributed by atoms with Crippen molar-refractivity contribution in [3.63, 3.8) is 0 Å². The van der Waals surface area contributed by atoms with Gasteiger partial charge in [0.1, 0.15) is 16.8 Å². The topological polar surface area (TPSA) is 37.8 Å². The van der Waals surface area contributed by atoms with Gasteiger partial charge in [-0.3, -0.25) is 0 Å². The molecule has 0 radical (unpaired) electrons. The van der Waals surface area contributed by atoms with Crippen molar-refractivity contribution in [1.82, 2.24) is 9.97 Å². The fraction of sp³-hybridized carbons (Fsp3) is 0.333. The highest BCUT2D eigenvalue weighted by molar-refractivity contribution is 9.10. The van der Waals surface area contributed by atoms with Gasteiger partial charge in [-0.05, 0) is 60.3 Å². The second-order valence-electron chi connectivity index (χ2n) is 5.33. The molecule has 0 atom stereocenters. The van der Waals surface area contributed by atoms with Crippen LogP contribution in [0.15, 0.2) is 16.6 Å². The van der Waals surface area contributed by atoms with E-state index in [-0.39, 0.29) is 0 Å². The molecule has 3 rings (SSSR count). The third-order valence-electron chi connectivity index (χ3n) is 3.55. The summed E-state index contributed by atoms with van der Waals surface area (Å²) in [5.74, 6) is 2.01. The standard InChI is InChI=1S/C15H14BrCl2N3/c1-7-5-10(16)12(6-11(7)17)19-14-8(2)13(18)20-15(21-14)9-3-4-9/h5-6,9H,3-4H2,1-2H3,(H,19,20,21). The number of aryl methyl sites for hydroxylation is 1. The molecule has 0 amide bonds. The van der Waals surface area contributed by atoms with Crippen LogP contribution >= 0.6 is 39.1 Å². The number of anilines is 2. The van der Waals surface area contributed by atoms with Crippen molar-refractivity contribution in [2.75, 3.05) is 5.32 Å². The van der Waals surface area contributed by atoms with Crippen molar-refractivity contribution in [2.24, 2.45) is 0 Å². The molecule has 0 bridgehead atoms. The van der Waals surface area contributed by atoms with Gasteiger partial charge in [-0.25, -0.2) is 9.97 Å². The molecule has 1 aromatic carbocycles. The Balaban J connectivity index is 1.99. The first kappa shape index (κ1) is 15.1. The van der Waals surface area contributed by atoms with Gasteiger partial charge in [0.15, 0.2) is 0 Å². The molecule has 1 aromatic heterocycles. The molecule has 1 aliphatic carbocycles. The zero-order chi connectivity index (χ0) is 15.1. The van der Waals surface area contributed by atoms with Crippen molar-refractivity contribution in [2.45, 2.75) is 32.6 Å². The summed E-state index contributed by atoms with van der Waals surface area (Å²) in [5, 5.41) is 4.52. The number of aromatic nitrogens is 2. The molecule has 6 heteroatoms. The number of halogens is 3. The first-order chi connectivity index (χ1) is 9.95. The smallest absolute Gasteiger partial charge is 0.138 e. The van der Waals surface area contributed by atoms with Gasteiger partial charge >= 0.3 is 0 Å². The zero-order valence-electron chi connectivity index (χ0n) is 11.7. The Morgan fingerprint density at radius 2 is 1.90 bits per heavy atom. The number of benzene rings is 1.